The molecule has 2 aromatic heterocycles. The standard InChI is InChI=1S/C19H25N5O2/c1-3-8-23(14-17-21-7-9-22(17)2)19(26)16-10-18(25)24(13-16)12-15-5-4-6-20-11-15/h4-7,9,11,16H,3,8,10,12-14H2,1-2H3/t16-/m1/s1. The zero-order chi connectivity index (χ0) is 18.5. The summed E-state index contributed by atoms with van der Waals surface area (Å²) in [6.07, 6.45) is 8.22. The quantitative estimate of drug-likeness (QED) is 0.756. The SMILES string of the molecule is CCCN(Cc1nccn1C)C(=O)[C@@H]1CC(=O)N(Cc2cccnc2)C1. The first-order valence-corrected chi connectivity index (χ1v) is 9.00. The summed E-state index contributed by atoms with van der Waals surface area (Å²) in [6.45, 7) is 4.16. The largest absolute Gasteiger partial charge is 0.337 e. The number of imidazole rings is 1. The predicted molar refractivity (Wildman–Crippen MR) is 96.7 cm³/mol. The molecule has 1 saturated heterocycles. The lowest BCUT2D eigenvalue weighted by molar-refractivity contribution is -0.136. The number of hydrogen-bond acceptors (Lipinski definition) is 4. The molecule has 26 heavy (non-hydrogen) atoms. The molecule has 0 aromatic carbocycles. The average Bonchev–Trinajstić information content (AvgIpc) is 3.21. The number of aryl methyl sites for hydroxylation is 1. The summed E-state index contributed by atoms with van der Waals surface area (Å²) in [5, 5.41) is 0. The van der Waals surface area contributed by atoms with E-state index in [0.29, 0.717) is 26.2 Å². The molecule has 2 aromatic rings. The minimum absolute atomic E-state index is 0.0284. The van der Waals surface area contributed by atoms with Gasteiger partial charge in [0.2, 0.25) is 11.8 Å². The first-order valence-electron chi connectivity index (χ1n) is 9.00. The molecule has 2 amide bonds. The number of aromatic nitrogens is 3. The fourth-order valence-electron chi connectivity index (χ4n) is 3.32. The van der Waals surface area contributed by atoms with Crippen molar-refractivity contribution in [1.29, 1.82) is 0 Å². The molecule has 3 rings (SSSR count). The van der Waals surface area contributed by atoms with Crippen molar-refractivity contribution in [2.24, 2.45) is 13.0 Å². The lowest BCUT2D eigenvalue weighted by Crippen LogP contribution is -2.38. The van der Waals surface area contributed by atoms with Gasteiger partial charge in [-0.25, -0.2) is 4.98 Å². The van der Waals surface area contributed by atoms with E-state index in [0.717, 1.165) is 17.8 Å². The number of carbonyl (C=O) groups excluding carboxylic acids is 2. The van der Waals surface area contributed by atoms with Crippen LogP contribution in [-0.2, 0) is 29.7 Å². The van der Waals surface area contributed by atoms with Crippen molar-refractivity contribution in [2.75, 3.05) is 13.1 Å². The van der Waals surface area contributed by atoms with Crippen LogP contribution in [0.15, 0.2) is 36.9 Å². The third-order valence-electron chi connectivity index (χ3n) is 4.72. The van der Waals surface area contributed by atoms with Crippen LogP contribution in [0.3, 0.4) is 0 Å². The Kier molecular flexibility index (Phi) is 5.65. The number of amides is 2. The van der Waals surface area contributed by atoms with Crippen LogP contribution in [-0.4, -0.2) is 49.2 Å². The van der Waals surface area contributed by atoms with Crippen molar-refractivity contribution in [3.8, 4) is 0 Å². The lowest BCUT2D eigenvalue weighted by atomic mass is 10.1. The van der Waals surface area contributed by atoms with Crippen LogP contribution in [0.25, 0.3) is 0 Å². The van der Waals surface area contributed by atoms with Crippen molar-refractivity contribution in [3.05, 3.63) is 48.3 Å². The van der Waals surface area contributed by atoms with Gasteiger partial charge in [0.1, 0.15) is 5.82 Å². The number of nitrogens with zero attached hydrogens (tertiary/aromatic N) is 5. The highest BCUT2D eigenvalue weighted by Gasteiger charge is 2.36. The maximum absolute atomic E-state index is 13.0. The third-order valence-corrected chi connectivity index (χ3v) is 4.72. The van der Waals surface area contributed by atoms with Crippen LogP contribution in [0.1, 0.15) is 31.2 Å². The molecule has 0 saturated carbocycles. The molecule has 138 valence electrons. The lowest BCUT2D eigenvalue weighted by Gasteiger charge is -2.25. The van der Waals surface area contributed by atoms with E-state index >= 15 is 0 Å². The number of hydrogen-bond donors (Lipinski definition) is 0. The van der Waals surface area contributed by atoms with Crippen molar-refractivity contribution >= 4 is 11.8 Å². The second-order valence-electron chi connectivity index (χ2n) is 6.75. The van der Waals surface area contributed by atoms with Gasteiger partial charge < -0.3 is 14.4 Å². The Morgan fingerprint density at radius 2 is 2.23 bits per heavy atom. The van der Waals surface area contributed by atoms with E-state index in [1.807, 2.05) is 41.8 Å². The van der Waals surface area contributed by atoms with E-state index in [9.17, 15) is 9.59 Å². The van der Waals surface area contributed by atoms with Crippen molar-refractivity contribution < 1.29 is 9.59 Å². The summed E-state index contributed by atoms with van der Waals surface area (Å²) >= 11 is 0. The average molecular weight is 355 g/mol. The molecule has 0 radical (unpaired) electrons. The molecule has 0 aliphatic carbocycles. The molecule has 3 heterocycles. The maximum atomic E-state index is 13.0. The molecule has 0 spiro atoms. The van der Waals surface area contributed by atoms with Gasteiger partial charge in [-0.3, -0.25) is 14.6 Å². The van der Waals surface area contributed by atoms with Gasteiger partial charge in [-0.15, -0.1) is 0 Å². The maximum Gasteiger partial charge on any atom is 0.228 e. The van der Waals surface area contributed by atoms with Crippen LogP contribution in [0.5, 0.6) is 0 Å². The first-order chi connectivity index (χ1) is 12.6. The number of pyridine rings is 1. The number of likely N-dealkylation sites (tertiary alicyclic amines) is 1. The van der Waals surface area contributed by atoms with Gasteiger partial charge in [0.15, 0.2) is 0 Å². The fourth-order valence-corrected chi connectivity index (χ4v) is 3.32. The van der Waals surface area contributed by atoms with E-state index in [-0.39, 0.29) is 24.2 Å². The molecule has 1 atom stereocenters. The molecular weight excluding hydrogens is 330 g/mol. The predicted octanol–water partition coefficient (Wildman–Crippen LogP) is 1.60. The van der Waals surface area contributed by atoms with Crippen molar-refractivity contribution in [3.63, 3.8) is 0 Å². The first kappa shape index (κ1) is 18.1. The highest BCUT2D eigenvalue weighted by molar-refractivity contribution is 5.89. The third kappa shape index (κ3) is 4.09. The van der Waals surface area contributed by atoms with E-state index < -0.39 is 0 Å². The summed E-state index contributed by atoms with van der Waals surface area (Å²) < 4.78 is 1.92. The summed E-state index contributed by atoms with van der Waals surface area (Å²) in [6, 6.07) is 3.80. The Balaban J connectivity index is 1.65. The second-order valence-corrected chi connectivity index (χ2v) is 6.75. The van der Waals surface area contributed by atoms with Gasteiger partial charge in [-0.05, 0) is 18.1 Å². The van der Waals surface area contributed by atoms with Crippen LogP contribution >= 0.6 is 0 Å². The molecule has 7 heteroatoms. The fraction of sp³-hybridized carbons (Fsp3) is 0.474. The zero-order valence-electron chi connectivity index (χ0n) is 15.3. The molecule has 1 aliphatic heterocycles. The van der Waals surface area contributed by atoms with Gasteiger partial charge in [0.05, 0.1) is 12.5 Å². The number of rotatable bonds is 7. The van der Waals surface area contributed by atoms with Gasteiger partial charge >= 0.3 is 0 Å². The van der Waals surface area contributed by atoms with E-state index in [1.54, 1.807) is 23.5 Å². The molecule has 1 aliphatic rings. The minimum atomic E-state index is -0.286. The normalized spacial score (nSPS) is 16.9. The number of carbonyl (C=O) groups is 2. The van der Waals surface area contributed by atoms with Gasteiger partial charge in [0.25, 0.3) is 0 Å². The molecule has 0 bridgehead atoms. The molecule has 0 unspecified atom stereocenters. The topological polar surface area (TPSA) is 71.3 Å². The monoisotopic (exact) mass is 355 g/mol. The summed E-state index contributed by atoms with van der Waals surface area (Å²) in [4.78, 5) is 37.4. The van der Waals surface area contributed by atoms with E-state index in [2.05, 4.69) is 9.97 Å². The Morgan fingerprint density at radius 3 is 2.88 bits per heavy atom. The van der Waals surface area contributed by atoms with Crippen LogP contribution in [0.4, 0.5) is 0 Å². The smallest absolute Gasteiger partial charge is 0.228 e. The van der Waals surface area contributed by atoms with Gasteiger partial charge in [-0.2, -0.15) is 0 Å². The van der Waals surface area contributed by atoms with E-state index in [1.165, 1.54) is 0 Å². The summed E-state index contributed by atoms with van der Waals surface area (Å²) in [5.74, 6) is 0.631. The molecule has 7 nitrogen and oxygen atoms in total. The Morgan fingerprint density at radius 1 is 1.38 bits per heavy atom. The van der Waals surface area contributed by atoms with Crippen molar-refractivity contribution in [1.82, 2.24) is 24.3 Å². The van der Waals surface area contributed by atoms with Crippen LogP contribution < -0.4 is 0 Å². The van der Waals surface area contributed by atoms with Crippen LogP contribution in [0.2, 0.25) is 0 Å². The highest BCUT2D eigenvalue weighted by atomic mass is 16.2. The highest BCUT2D eigenvalue weighted by Crippen LogP contribution is 2.23. The molecule has 0 N–H and O–H groups in total. The van der Waals surface area contributed by atoms with Gasteiger partial charge in [0, 0.05) is 57.9 Å². The summed E-state index contributed by atoms with van der Waals surface area (Å²) in [7, 11) is 1.92. The Hall–Kier alpha value is -2.70. The second kappa shape index (κ2) is 8.12. The zero-order valence-corrected chi connectivity index (χ0v) is 15.3. The van der Waals surface area contributed by atoms with E-state index in [4.69, 9.17) is 0 Å². The van der Waals surface area contributed by atoms with Crippen molar-refractivity contribution in [2.45, 2.75) is 32.9 Å². The Labute approximate surface area is 153 Å². The summed E-state index contributed by atoms with van der Waals surface area (Å²) in [5.41, 5.74) is 0.979. The van der Waals surface area contributed by atoms with Crippen LogP contribution in [0, 0.1) is 5.92 Å². The molecule has 1 fully saturated rings. The minimum Gasteiger partial charge on any atom is -0.337 e. The Bertz CT molecular complexity index is 758. The van der Waals surface area contributed by atoms with Gasteiger partial charge in [-0.1, -0.05) is 13.0 Å². The molecular formula is C19H25N5O2.